The zero-order chi connectivity index (χ0) is 12.0. The normalized spacial score (nSPS) is 11.6. The first kappa shape index (κ1) is 13.1. The number of hydrogen-bond acceptors (Lipinski definition) is 3. The Kier molecular flexibility index (Phi) is 4.83. The summed E-state index contributed by atoms with van der Waals surface area (Å²) >= 11 is 0. The van der Waals surface area contributed by atoms with Crippen LogP contribution in [0, 0.1) is 0 Å². The molecule has 0 saturated heterocycles. The summed E-state index contributed by atoms with van der Waals surface area (Å²) in [5, 5.41) is 0. The second-order valence-corrected chi connectivity index (χ2v) is 4.90. The topological polar surface area (TPSA) is 44.5 Å². The van der Waals surface area contributed by atoms with Gasteiger partial charge in [-0.15, -0.1) is 0 Å². The first-order chi connectivity index (χ1) is 7.53. The fourth-order valence-corrected chi connectivity index (χ4v) is 1.60. The minimum Gasteiger partial charge on any atom is -0.494 e. The lowest BCUT2D eigenvalue weighted by Gasteiger charge is -2.23. The third-order valence-electron chi connectivity index (χ3n) is 2.60. The van der Waals surface area contributed by atoms with Crippen molar-refractivity contribution in [1.82, 2.24) is 0 Å². The molecule has 0 radical (unpaired) electrons. The minimum absolute atomic E-state index is 0.00863. The van der Waals surface area contributed by atoms with Crippen LogP contribution < -0.4 is 10.5 Å². The van der Waals surface area contributed by atoms with E-state index < -0.39 is 0 Å². The lowest BCUT2D eigenvalue weighted by Crippen LogP contribution is -2.23. The molecule has 0 fully saturated rings. The van der Waals surface area contributed by atoms with E-state index in [1.165, 1.54) is 0 Å². The van der Waals surface area contributed by atoms with E-state index in [1.807, 2.05) is 24.3 Å². The number of nitrogen functional groups attached to an aromatic ring is 1. The van der Waals surface area contributed by atoms with Gasteiger partial charge < -0.3 is 14.9 Å². The van der Waals surface area contributed by atoms with Crippen LogP contribution in [0.15, 0.2) is 24.3 Å². The first-order valence-corrected chi connectivity index (χ1v) is 6.39. The predicted octanol–water partition coefficient (Wildman–Crippen LogP) is 1.50. The van der Waals surface area contributed by atoms with Gasteiger partial charge in [0.2, 0.25) is 0 Å². The van der Waals surface area contributed by atoms with Gasteiger partial charge in [0, 0.05) is 17.4 Å². The van der Waals surface area contributed by atoms with Gasteiger partial charge in [-0.1, -0.05) is 6.07 Å². The Morgan fingerprint density at radius 2 is 2.12 bits per heavy atom. The van der Waals surface area contributed by atoms with E-state index in [0.717, 1.165) is 34.8 Å². The Balaban J connectivity index is 2.26. The molecule has 0 aliphatic carbocycles. The van der Waals surface area contributed by atoms with Crippen LogP contribution in [-0.4, -0.2) is 22.7 Å². The lowest BCUT2D eigenvalue weighted by atomic mass is 10.0. The zero-order valence-corrected chi connectivity index (χ0v) is 12.3. The number of benzene rings is 1. The van der Waals surface area contributed by atoms with Gasteiger partial charge >= 0.3 is 0 Å². The molecule has 0 heterocycles. The fourth-order valence-electron chi connectivity index (χ4n) is 1.39. The third-order valence-corrected chi connectivity index (χ3v) is 3.71. The highest BCUT2D eigenvalue weighted by Crippen LogP contribution is 2.17. The van der Waals surface area contributed by atoms with E-state index >= 15 is 0 Å². The molecule has 1 aromatic carbocycles. The van der Waals surface area contributed by atoms with Gasteiger partial charge in [0.05, 0.1) is 6.61 Å². The quantitative estimate of drug-likeness (QED) is 0.465. The van der Waals surface area contributed by atoms with Gasteiger partial charge in [-0.2, -0.15) is 0 Å². The molecule has 0 amide bonds. The Bertz CT molecular complexity index is 329. The highest BCUT2D eigenvalue weighted by atomic mass is 28.2. The molecule has 0 spiro atoms. The van der Waals surface area contributed by atoms with Crippen molar-refractivity contribution in [2.24, 2.45) is 0 Å². The minimum atomic E-state index is -0.00863. The average Bonchev–Trinajstić information content (AvgIpc) is 2.25. The van der Waals surface area contributed by atoms with Gasteiger partial charge in [-0.05, 0) is 38.8 Å². The van der Waals surface area contributed by atoms with E-state index in [0.29, 0.717) is 6.61 Å². The summed E-state index contributed by atoms with van der Waals surface area (Å²) < 4.78 is 11.1. The van der Waals surface area contributed by atoms with Crippen LogP contribution >= 0.6 is 0 Å². The summed E-state index contributed by atoms with van der Waals surface area (Å²) in [6, 6.07) is 7.51. The zero-order valence-electron chi connectivity index (χ0n) is 10.3. The molecule has 1 aromatic rings. The smallest absolute Gasteiger partial charge is 0.146 e. The largest absolute Gasteiger partial charge is 0.494 e. The Morgan fingerprint density at radius 1 is 1.38 bits per heavy atom. The van der Waals surface area contributed by atoms with Gasteiger partial charge in [0.15, 0.2) is 0 Å². The van der Waals surface area contributed by atoms with Crippen molar-refractivity contribution in [3.05, 3.63) is 24.3 Å². The highest BCUT2D eigenvalue weighted by molar-refractivity contribution is 5.98. The van der Waals surface area contributed by atoms with E-state index in [2.05, 4.69) is 13.8 Å². The van der Waals surface area contributed by atoms with Gasteiger partial charge in [-0.25, -0.2) is 0 Å². The molecule has 4 heteroatoms. The van der Waals surface area contributed by atoms with Crippen molar-refractivity contribution < 1.29 is 9.16 Å². The van der Waals surface area contributed by atoms with Crippen molar-refractivity contribution in [1.29, 1.82) is 0 Å². The second-order valence-electron chi connectivity index (χ2n) is 4.49. The Hall–Kier alpha value is -1.00. The summed E-state index contributed by atoms with van der Waals surface area (Å²) in [4.78, 5) is 0. The van der Waals surface area contributed by atoms with E-state index in [9.17, 15) is 0 Å². The molecule has 16 heavy (non-hydrogen) atoms. The Labute approximate surface area is 100 Å². The first-order valence-electron chi connectivity index (χ1n) is 5.57. The number of hydrogen-bond donors (Lipinski definition) is 1. The number of ether oxygens (including phenoxy) is 1. The summed E-state index contributed by atoms with van der Waals surface area (Å²) in [6.45, 7) is 4.93. The standard InChI is InChI=1S/C12H21NO2Si/c1-12(2,15-16)7-4-8-14-11-6-3-5-10(13)9-11/h3,5-6,9H,4,7-8,13H2,1-2,16H3. The van der Waals surface area contributed by atoms with Gasteiger partial charge in [0.25, 0.3) is 0 Å². The second kappa shape index (κ2) is 5.91. The van der Waals surface area contributed by atoms with Crippen molar-refractivity contribution >= 4 is 16.2 Å². The van der Waals surface area contributed by atoms with Crippen molar-refractivity contribution in [2.75, 3.05) is 12.3 Å². The lowest BCUT2D eigenvalue weighted by molar-refractivity contribution is 0.103. The fraction of sp³-hybridized carbons (Fsp3) is 0.500. The molecule has 0 unspecified atom stereocenters. The highest BCUT2D eigenvalue weighted by Gasteiger charge is 2.14. The molecule has 0 aliphatic rings. The summed E-state index contributed by atoms with van der Waals surface area (Å²) in [7, 11) is 0.783. The number of anilines is 1. The molecule has 0 bridgehead atoms. The molecule has 1 rings (SSSR count). The molecular formula is C12H21NO2Si. The van der Waals surface area contributed by atoms with E-state index in [1.54, 1.807) is 0 Å². The summed E-state index contributed by atoms with van der Waals surface area (Å²) in [6.07, 6.45) is 2.00. The van der Waals surface area contributed by atoms with E-state index in [-0.39, 0.29) is 5.60 Å². The predicted molar refractivity (Wildman–Crippen MR) is 70.7 cm³/mol. The van der Waals surface area contributed by atoms with Crippen LogP contribution in [0.4, 0.5) is 5.69 Å². The molecule has 0 saturated carbocycles. The molecular weight excluding hydrogens is 218 g/mol. The maximum Gasteiger partial charge on any atom is 0.146 e. The van der Waals surface area contributed by atoms with Gasteiger partial charge in [-0.3, -0.25) is 0 Å². The Morgan fingerprint density at radius 3 is 2.75 bits per heavy atom. The monoisotopic (exact) mass is 239 g/mol. The summed E-state index contributed by atoms with van der Waals surface area (Å²) in [5.74, 6) is 0.838. The van der Waals surface area contributed by atoms with E-state index in [4.69, 9.17) is 14.9 Å². The summed E-state index contributed by atoms with van der Waals surface area (Å²) in [5.41, 5.74) is 6.39. The van der Waals surface area contributed by atoms with Crippen LogP contribution in [0.5, 0.6) is 5.75 Å². The van der Waals surface area contributed by atoms with Crippen LogP contribution in [0.2, 0.25) is 0 Å². The van der Waals surface area contributed by atoms with Crippen LogP contribution in [0.1, 0.15) is 26.7 Å². The molecule has 2 N–H and O–H groups in total. The molecule has 0 atom stereocenters. The maximum absolute atomic E-state index is 5.66. The molecule has 90 valence electrons. The maximum atomic E-state index is 5.66. The number of nitrogens with two attached hydrogens (primary N) is 1. The van der Waals surface area contributed by atoms with Crippen molar-refractivity contribution in [2.45, 2.75) is 32.3 Å². The third kappa shape index (κ3) is 4.68. The van der Waals surface area contributed by atoms with Crippen molar-refractivity contribution in [3.8, 4) is 5.75 Å². The van der Waals surface area contributed by atoms with Gasteiger partial charge in [0.1, 0.15) is 16.2 Å². The molecule has 3 nitrogen and oxygen atoms in total. The van der Waals surface area contributed by atoms with Crippen LogP contribution in [-0.2, 0) is 4.43 Å². The van der Waals surface area contributed by atoms with Crippen LogP contribution in [0.25, 0.3) is 0 Å². The SMILES string of the molecule is CC(C)(CCCOc1cccc(N)c1)O[SiH3]. The van der Waals surface area contributed by atoms with Crippen LogP contribution in [0.3, 0.4) is 0 Å². The number of rotatable bonds is 6. The molecule has 0 aliphatic heterocycles. The molecule has 0 aromatic heterocycles. The van der Waals surface area contributed by atoms with Crippen molar-refractivity contribution in [3.63, 3.8) is 0 Å². The average molecular weight is 239 g/mol.